The first kappa shape index (κ1) is 26.6. The van der Waals surface area contributed by atoms with Crippen molar-refractivity contribution < 1.29 is 13.7 Å². The quantitative estimate of drug-likeness (QED) is 0.161. The summed E-state index contributed by atoms with van der Waals surface area (Å²) in [6.07, 6.45) is 0. The molecule has 0 saturated heterocycles. The van der Waals surface area contributed by atoms with E-state index in [4.69, 9.17) is 25.9 Å². The average molecular weight is 802 g/mol. The Morgan fingerprint density at radius 2 is 0.839 bits per heavy atom. The fourth-order valence-electron chi connectivity index (χ4n) is 8.69. The molecule has 0 bridgehead atoms. The summed E-state index contributed by atoms with van der Waals surface area (Å²) in [4.78, 5) is 15.8. The number of hydrogen-bond donors (Lipinski definition) is 0. The highest BCUT2D eigenvalue weighted by Crippen LogP contribution is 2.43. The van der Waals surface area contributed by atoms with Crippen LogP contribution in [0, 0.1) is 0 Å². The minimum Gasteiger partial charge on any atom is -0.307 e. The molecule has 12 rings (SSSR count). The van der Waals surface area contributed by atoms with Crippen LogP contribution in [-0.2, 0) is 0 Å². The van der Waals surface area contributed by atoms with E-state index in [1.54, 1.807) is 18.2 Å². The molecule has 0 spiro atoms. The van der Waals surface area contributed by atoms with Gasteiger partial charge in [-0.15, -0.1) is 0 Å². The molecule has 3 heterocycles. The molecule has 0 unspecified atom stereocenters. The molecule has 0 aliphatic carbocycles. The van der Waals surface area contributed by atoms with E-state index in [0.29, 0.717) is 23.3 Å². The molecule has 0 atom stereocenters. The highest BCUT2D eigenvalue weighted by Gasteiger charge is 2.24. The van der Waals surface area contributed by atoms with Crippen LogP contribution in [0.5, 0.6) is 0 Å². The molecule has 0 aliphatic heterocycles. The summed E-state index contributed by atoms with van der Waals surface area (Å²) in [6.45, 7) is 0. The topological polar surface area (TPSA) is 48.5 Å². The molecule has 0 fully saturated rings. The van der Waals surface area contributed by atoms with Crippen LogP contribution in [0.15, 0.2) is 224 Å². The third kappa shape index (κ3) is 5.82. The highest BCUT2D eigenvalue weighted by molar-refractivity contribution is 6.23. The first-order valence-corrected chi connectivity index (χ1v) is 20.1. The molecular weight excluding hydrogens is 755 g/mol. The second-order valence-electron chi connectivity index (χ2n) is 14.9. The van der Waals surface area contributed by atoms with Crippen molar-refractivity contribution >= 4 is 43.6 Å². The molecule has 5 heteroatoms. The highest BCUT2D eigenvalue weighted by atomic mass is 15.2. The van der Waals surface area contributed by atoms with Crippen LogP contribution in [0.3, 0.4) is 0 Å². The van der Waals surface area contributed by atoms with Crippen molar-refractivity contribution in [1.82, 2.24) is 24.1 Å². The number of nitrogens with zero attached hydrogens (tertiary/aromatic N) is 5. The molecular formula is C57H37N5. The first-order valence-electron chi connectivity index (χ1n) is 25.1. The van der Waals surface area contributed by atoms with Gasteiger partial charge < -0.3 is 4.57 Å². The predicted molar refractivity (Wildman–Crippen MR) is 256 cm³/mol. The second-order valence-corrected chi connectivity index (χ2v) is 14.9. The Balaban J connectivity index is 1.22. The smallest absolute Gasteiger partial charge is 0.238 e. The van der Waals surface area contributed by atoms with Crippen molar-refractivity contribution in [3.8, 4) is 67.8 Å². The van der Waals surface area contributed by atoms with Gasteiger partial charge in [-0.2, -0.15) is 9.97 Å². The van der Waals surface area contributed by atoms with Crippen molar-refractivity contribution in [2.75, 3.05) is 0 Å². The van der Waals surface area contributed by atoms with Gasteiger partial charge in [-0.25, -0.2) is 4.98 Å². The average Bonchev–Trinajstić information content (AvgIpc) is 3.95. The van der Waals surface area contributed by atoms with E-state index in [0.717, 1.165) is 65.9 Å². The molecule has 3 aromatic heterocycles. The maximum Gasteiger partial charge on any atom is 0.238 e. The summed E-state index contributed by atoms with van der Waals surface area (Å²) in [7, 11) is 0. The van der Waals surface area contributed by atoms with Crippen molar-refractivity contribution in [3.63, 3.8) is 0 Å². The van der Waals surface area contributed by atoms with Crippen LogP contribution in [-0.4, -0.2) is 24.1 Å². The number of hydrogen-bond acceptors (Lipinski definition) is 3. The van der Waals surface area contributed by atoms with E-state index >= 15 is 0 Å². The summed E-state index contributed by atoms with van der Waals surface area (Å²) >= 11 is 0. The summed E-state index contributed by atoms with van der Waals surface area (Å²) in [5, 5.41) is 3.57. The Morgan fingerprint density at radius 3 is 1.50 bits per heavy atom. The van der Waals surface area contributed by atoms with E-state index in [1.807, 2.05) is 109 Å². The maximum atomic E-state index is 9.18. The molecule has 62 heavy (non-hydrogen) atoms. The Morgan fingerprint density at radius 1 is 0.339 bits per heavy atom. The van der Waals surface area contributed by atoms with E-state index < -0.39 is 60.4 Å². The van der Waals surface area contributed by atoms with Gasteiger partial charge in [-0.1, -0.05) is 200 Å². The zero-order chi connectivity index (χ0) is 49.7. The molecule has 0 saturated carbocycles. The van der Waals surface area contributed by atoms with Crippen molar-refractivity contribution in [1.29, 1.82) is 0 Å². The van der Waals surface area contributed by atoms with Gasteiger partial charge in [-0.3, -0.25) is 4.57 Å². The molecule has 5 nitrogen and oxygen atoms in total. The zero-order valence-electron chi connectivity index (χ0n) is 42.8. The van der Waals surface area contributed by atoms with Crippen molar-refractivity contribution in [2.24, 2.45) is 0 Å². The third-order valence-electron chi connectivity index (χ3n) is 11.4. The summed E-state index contributed by atoms with van der Waals surface area (Å²) in [5.41, 5.74) is 6.93. The van der Waals surface area contributed by atoms with Crippen LogP contribution in [0.25, 0.3) is 111 Å². The van der Waals surface area contributed by atoms with Gasteiger partial charge >= 0.3 is 0 Å². The predicted octanol–water partition coefficient (Wildman–Crippen LogP) is 14.4. The number of benzene rings is 9. The number of aromatic nitrogens is 5. The lowest BCUT2D eigenvalue weighted by Crippen LogP contribution is -2.07. The van der Waals surface area contributed by atoms with Crippen LogP contribution in [0.1, 0.15) is 13.7 Å². The Hall–Kier alpha value is -8.41. The molecule has 12 aromatic rings. The molecule has 0 aliphatic rings. The fourth-order valence-corrected chi connectivity index (χ4v) is 8.69. The second kappa shape index (κ2) is 14.7. The summed E-state index contributed by atoms with van der Waals surface area (Å²) < 4.78 is 91.9. The van der Waals surface area contributed by atoms with E-state index in [9.17, 15) is 2.74 Å². The van der Waals surface area contributed by atoms with Gasteiger partial charge in [0, 0.05) is 38.4 Å². The van der Waals surface area contributed by atoms with Gasteiger partial charge in [0.25, 0.3) is 0 Å². The number of para-hydroxylation sites is 2. The Labute approximate surface area is 372 Å². The van der Waals surface area contributed by atoms with Crippen LogP contribution in [0.2, 0.25) is 0 Å². The monoisotopic (exact) mass is 801 g/mol. The van der Waals surface area contributed by atoms with Gasteiger partial charge in [0.15, 0.2) is 11.6 Å². The molecule has 290 valence electrons. The van der Waals surface area contributed by atoms with Crippen LogP contribution in [0.4, 0.5) is 0 Å². The molecule has 0 radical (unpaired) electrons. The van der Waals surface area contributed by atoms with E-state index in [1.165, 1.54) is 0 Å². The lowest BCUT2D eigenvalue weighted by molar-refractivity contribution is 0.953. The van der Waals surface area contributed by atoms with E-state index in [-0.39, 0.29) is 22.3 Å². The van der Waals surface area contributed by atoms with Gasteiger partial charge in [0.2, 0.25) is 5.95 Å². The minimum absolute atomic E-state index is 0.0772. The van der Waals surface area contributed by atoms with Crippen molar-refractivity contribution in [3.05, 3.63) is 224 Å². The van der Waals surface area contributed by atoms with Gasteiger partial charge in [0.05, 0.1) is 35.8 Å². The number of rotatable bonds is 7. The van der Waals surface area contributed by atoms with Crippen LogP contribution >= 0.6 is 0 Å². The zero-order valence-corrected chi connectivity index (χ0v) is 32.8. The molecule has 0 amide bonds. The normalized spacial score (nSPS) is 13.8. The number of fused-ring (bicyclic) bond motifs is 7. The third-order valence-corrected chi connectivity index (χ3v) is 11.4. The minimum atomic E-state index is -0.590. The molecule has 9 aromatic carbocycles. The fraction of sp³-hybridized carbons (Fsp3) is 0. The summed E-state index contributed by atoms with van der Waals surface area (Å²) in [5.74, 6) is 1.28. The lowest BCUT2D eigenvalue weighted by Gasteiger charge is -2.16. The lowest BCUT2D eigenvalue weighted by atomic mass is 9.94. The van der Waals surface area contributed by atoms with Crippen LogP contribution < -0.4 is 0 Å². The Bertz CT molecular complexity index is 4170. The van der Waals surface area contributed by atoms with Gasteiger partial charge in [0.1, 0.15) is 0 Å². The molecule has 0 N–H and O–H groups in total. The van der Waals surface area contributed by atoms with Gasteiger partial charge in [-0.05, 0) is 57.6 Å². The van der Waals surface area contributed by atoms with E-state index in [2.05, 4.69) is 45.5 Å². The summed E-state index contributed by atoms with van der Waals surface area (Å²) in [6, 6.07) is 47.6. The first-order chi connectivity index (χ1) is 34.9. The Kier molecular flexibility index (Phi) is 6.31. The standard InChI is InChI=1S/C57H37N5/c1-5-19-38(20-6-1)43-27-13-14-30-49(43)56-58-55(41-25-11-4-12-26-41)59-57(60-56)62-52-32-18-16-29-46(52)48-36-35-47-45-28-15-17-31-51(45)61(53(47)54(48)62)42-33-34-44(39-21-7-2-8-22-39)50(37-42)40-23-9-3-10-24-40/h1-37H/i2D,3D,7D,8D,9D,10D,21D,22D,23D,24D. The maximum absolute atomic E-state index is 9.18. The SMILES string of the molecule is [2H]c1c([2H])c([2H])c(-c2ccc(-n3c4ccccc4c4ccc5c6ccccc6n(-c6nc(-c7ccccc7)nc(-c7ccccc7-c7ccccc7)n6)c5c43)cc2-c2c([2H])c([2H])c([2H])c([2H])c2[2H])c([2H])c1[2H]. The van der Waals surface area contributed by atoms with Crippen molar-refractivity contribution in [2.45, 2.75) is 0 Å². The largest absolute Gasteiger partial charge is 0.307 e.